The normalized spacial score (nSPS) is 17.1. The summed E-state index contributed by atoms with van der Waals surface area (Å²) in [5.41, 5.74) is 3.25. The Kier molecular flexibility index (Phi) is 3.78. The van der Waals surface area contributed by atoms with Crippen molar-refractivity contribution in [3.8, 4) is 11.4 Å². The van der Waals surface area contributed by atoms with E-state index < -0.39 is 0 Å². The second kappa shape index (κ2) is 6.31. The van der Waals surface area contributed by atoms with Crippen LogP contribution in [0, 0.1) is 5.82 Å². The number of pyridine rings is 1. The molecule has 1 amide bonds. The number of carbonyl (C=O) groups excluding carboxylic acids is 1. The molecule has 27 heavy (non-hydrogen) atoms. The van der Waals surface area contributed by atoms with Crippen molar-refractivity contribution in [2.75, 3.05) is 37.6 Å². The summed E-state index contributed by atoms with van der Waals surface area (Å²) in [4.78, 5) is 23.3. The van der Waals surface area contributed by atoms with Crippen LogP contribution in [0.15, 0.2) is 30.5 Å². The standard InChI is InChI=1S/C19H19FN6O/c20-14-2-1-12(11-15(14)25-8-5-21-6-9-25)18-24-17-16-13(3-4-22-17)19(27)23-7-10-26(16)18/h1-4,11,21H,5-10H2,(H,23,27). The zero-order chi connectivity index (χ0) is 18.4. The highest BCUT2D eigenvalue weighted by Gasteiger charge is 2.23. The molecule has 1 fully saturated rings. The molecule has 0 bridgehead atoms. The maximum atomic E-state index is 14.5. The van der Waals surface area contributed by atoms with Gasteiger partial charge in [-0.25, -0.2) is 14.4 Å². The van der Waals surface area contributed by atoms with Gasteiger partial charge in [0.1, 0.15) is 17.2 Å². The van der Waals surface area contributed by atoms with Crippen LogP contribution in [0.3, 0.4) is 0 Å². The van der Waals surface area contributed by atoms with E-state index >= 15 is 0 Å². The number of hydrogen-bond acceptors (Lipinski definition) is 5. The SMILES string of the molecule is O=C1NCCn2c(-c3ccc(F)c(N4CCNCC4)c3)nc3nccc1c32. The molecule has 3 aromatic rings. The highest BCUT2D eigenvalue weighted by Crippen LogP contribution is 2.31. The Labute approximate surface area is 155 Å². The van der Waals surface area contributed by atoms with Gasteiger partial charge in [0.05, 0.1) is 11.3 Å². The minimum absolute atomic E-state index is 0.117. The Morgan fingerprint density at radius 2 is 1.93 bits per heavy atom. The average molecular weight is 366 g/mol. The summed E-state index contributed by atoms with van der Waals surface area (Å²) in [7, 11) is 0. The third-order valence-corrected chi connectivity index (χ3v) is 5.17. The molecule has 0 atom stereocenters. The van der Waals surface area contributed by atoms with Crippen LogP contribution in [0.25, 0.3) is 22.6 Å². The maximum absolute atomic E-state index is 14.5. The number of nitrogens with one attached hydrogen (secondary N) is 2. The molecule has 2 aliphatic heterocycles. The quantitative estimate of drug-likeness (QED) is 0.717. The fraction of sp³-hybridized carbons (Fsp3) is 0.316. The third-order valence-electron chi connectivity index (χ3n) is 5.17. The molecule has 4 heterocycles. The van der Waals surface area contributed by atoms with Gasteiger partial charge in [0.15, 0.2) is 5.65 Å². The minimum Gasteiger partial charge on any atom is -0.367 e. The number of anilines is 1. The molecule has 7 nitrogen and oxygen atoms in total. The predicted molar refractivity (Wildman–Crippen MR) is 100 cm³/mol. The fourth-order valence-corrected chi connectivity index (χ4v) is 3.86. The summed E-state index contributed by atoms with van der Waals surface area (Å²) in [6, 6.07) is 6.80. The zero-order valence-corrected chi connectivity index (χ0v) is 14.7. The Balaban J connectivity index is 1.67. The van der Waals surface area contributed by atoms with Crippen molar-refractivity contribution in [2.45, 2.75) is 6.54 Å². The number of hydrogen-bond donors (Lipinski definition) is 2. The Hall–Kier alpha value is -3.00. The van der Waals surface area contributed by atoms with Crippen LogP contribution in [0.5, 0.6) is 0 Å². The fourth-order valence-electron chi connectivity index (χ4n) is 3.86. The second-order valence-corrected chi connectivity index (χ2v) is 6.78. The molecule has 2 N–H and O–H groups in total. The number of carbonyl (C=O) groups is 1. The largest absolute Gasteiger partial charge is 0.367 e. The van der Waals surface area contributed by atoms with Gasteiger partial charge >= 0.3 is 0 Å². The lowest BCUT2D eigenvalue weighted by molar-refractivity contribution is 0.0956. The zero-order valence-electron chi connectivity index (χ0n) is 14.7. The van der Waals surface area contributed by atoms with Crippen molar-refractivity contribution in [3.63, 3.8) is 0 Å². The van der Waals surface area contributed by atoms with Crippen LogP contribution >= 0.6 is 0 Å². The molecule has 2 aromatic heterocycles. The smallest absolute Gasteiger partial charge is 0.253 e. The van der Waals surface area contributed by atoms with Crippen molar-refractivity contribution in [1.29, 1.82) is 0 Å². The van der Waals surface area contributed by atoms with E-state index in [0.29, 0.717) is 35.8 Å². The Morgan fingerprint density at radius 1 is 1.07 bits per heavy atom. The number of piperazine rings is 1. The molecular formula is C19H19FN6O. The topological polar surface area (TPSA) is 75.1 Å². The first kappa shape index (κ1) is 16.2. The summed E-state index contributed by atoms with van der Waals surface area (Å²) in [6.07, 6.45) is 1.60. The molecular weight excluding hydrogens is 347 g/mol. The molecule has 0 spiro atoms. The lowest BCUT2D eigenvalue weighted by Gasteiger charge is -2.30. The minimum atomic E-state index is -0.233. The van der Waals surface area contributed by atoms with Crippen molar-refractivity contribution in [1.82, 2.24) is 25.2 Å². The van der Waals surface area contributed by atoms with E-state index in [2.05, 4.69) is 25.5 Å². The Bertz CT molecular complexity index is 1040. The van der Waals surface area contributed by atoms with Crippen LogP contribution in [-0.4, -0.2) is 53.2 Å². The van der Waals surface area contributed by atoms with Crippen molar-refractivity contribution >= 4 is 22.8 Å². The number of benzene rings is 1. The van der Waals surface area contributed by atoms with E-state index in [9.17, 15) is 9.18 Å². The van der Waals surface area contributed by atoms with Gasteiger partial charge in [-0.3, -0.25) is 4.79 Å². The van der Waals surface area contributed by atoms with Crippen molar-refractivity contribution in [3.05, 3.63) is 41.8 Å². The van der Waals surface area contributed by atoms with Crippen LogP contribution in [0.2, 0.25) is 0 Å². The molecule has 1 aromatic carbocycles. The summed E-state index contributed by atoms with van der Waals surface area (Å²) in [5.74, 6) is 0.356. The van der Waals surface area contributed by atoms with Gasteiger partial charge in [-0.2, -0.15) is 0 Å². The van der Waals surface area contributed by atoms with Crippen LogP contribution in [0.1, 0.15) is 10.4 Å². The predicted octanol–water partition coefficient (Wildman–Crippen LogP) is 1.39. The number of amides is 1. The monoisotopic (exact) mass is 366 g/mol. The molecule has 138 valence electrons. The highest BCUT2D eigenvalue weighted by molar-refractivity contribution is 6.05. The van der Waals surface area contributed by atoms with E-state index in [1.807, 2.05) is 10.6 Å². The maximum Gasteiger partial charge on any atom is 0.253 e. The Morgan fingerprint density at radius 3 is 2.78 bits per heavy atom. The van der Waals surface area contributed by atoms with E-state index in [4.69, 9.17) is 0 Å². The second-order valence-electron chi connectivity index (χ2n) is 6.78. The molecule has 1 saturated heterocycles. The van der Waals surface area contributed by atoms with Gasteiger partial charge in [0.25, 0.3) is 5.91 Å². The molecule has 0 saturated carbocycles. The van der Waals surface area contributed by atoms with Gasteiger partial charge in [-0.05, 0) is 24.3 Å². The first-order chi connectivity index (χ1) is 13.2. The highest BCUT2D eigenvalue weighted by atomic mass is 19.1. The first-order valence-electron chi connectivity index (χ1n) is 9.11. The summed E-state index contributed by atoms with van der Waals surface area (Å²) < 4.78 is 16.5. The summed E-state index contributed by atoms with van der Waals surface area (Å²) in [5, 5.41) is 6.18. The summed E-state index contributed by atoms with van der Waals surface area (Å²) >= 11 is 0. The van der Waals surface area contributed by atoms with Crippen LogP contribution in [-0.2, 0) is 6.54 Å². The molecule has 0 aliphatic carbocycles. The van der Waals surface area contributed by atoms with E-state index in [-0.39, 0.29) is 11.7 Å². The molecule has 8 heteroatoms. The number of halogens is 1. The molecule has 0 radical (unpaired) electrons. The van der Waals surface area contributed by atoms with Gasteiger partial charge in [-0.15, -0.1) is 0 Å². The average Bonchev–Trinajstić information content (AvgIpc) is 2.98. The van der Waals surface area contributed by atoms with Gasteiger partial charge < -0.3 is 20.1 Å². The number of aromatic nitrogens is 3. The van der Waals surface area contributed by atoms with Crippen molar-refractivity contribution in [2.24, 2.45) is 0 Å². The van der Waals surface area contributed by atoms with E-state index in [1.54, 1.807) is 18.3 Å². The lowest BCUT2D eigenvalue weighted by atomic mass is 10.1. The van der Waals surface area contributed by atoms with Gasteiger partial charge in [0.2, 0.25) is 0 Å². The number of nitrogens with zero attached hydrogens (tertiary/aromatic N) is 4. The molecule has 5 rings (SSSR count). The van der Waals surface area contributed by atoms with Crippen molar-refractivity contribution < 1.29 is 9.18 Å². The van der Waals surface area contributed by atoms with Crippen LogP contribution in [0.4, 0.5) is 10.1 Å². The molecule has 0 unspecified atom stereocenters. The lowest BCUT2D eigenvalue weighted by Crippen LogP contribution is -2.43. The third kappa shape index (κ3) is 2.64. The van der Waals surface area contributed by atoms with Crippen LogP contribution < -0.4 is 15.5 Å². The summed E-state index contributed by atoms with van der Waals surface area (Å²) in [6.45, 7) is 4.31. The van der Waals surface area contributed by atoms with Gasteiger partial charge in [0, 0.05) is 51.0 Å². The first-order valence-corrected chi connectivity index (χ1v) is 9.11. The number of imidazole rings is 1. The number of rotatable bonds is 2. The van der Waals surface area contributed by atoms with E-state index in [0.717, 1.165) is 37.3 Å². The molecule has 2 aliphatic rings. The van der Waals surface area contributed by atoms with E-state index in [1.165, 1.54) is 6.07 Å². The van der Waals surface area contributed by atoms with Gasteiger partial charge in [-0.1, -0.05) is 0 Å².